The molecule has 1 atom stereocenters. The Balaban J connectivity index is 2.44. The van der Waals surface area contributed by atoms with E-state index in [9.17, 15) is 18.0 Å². The van der Waals surface area contributed by atoms with Gasteiger partial charge in [-0.15, -0.1) is 0 Å². The van der Waals surface area contributed by atoms with Crippen molar-refractivity contribution in [3.63, 3.8) is 0 Å². The topological polar surface area (TPSA) is 92.8 Å². The summed E-state index contributed by atoms with van der Waals surface area (Å²) in [5, 5.41) is 2.69. The van der Waals surface area contributed by atoms with Gasteiger partial charge in [-0.25, -0.2) is 13.2 Å². The van der Waals surface area contributed by atoms with E-state index in [4.69, 9.17) is 0 Å². The summed E-state index contributed by atoms with van der Waals surface area (Å²) in [5.41, 5.74) is 0.149. The maximum absolute atomic E-state index is 12.9. The molecule has 1 aromatic carbocycles. The highest BCUT2D eigenvalue weighted by Gasteiger charge is 2.40. The molecule has 1 aliphatic rings. The minimum Gasteiger partial charge on any atom is -0.465 e. The molecule has 1 fully saturated rings. The normalized spacial score (nSPS) is 19.5. The van der Waals surface area contributed by atoms with E-state index in [1.54, 1.807) is 13.8 Å². The predicted molar refractivity (Wildman–Crippen MR) is 83.3 cm³/mol. The Bertz CT molecular complexity index is 714. The first kappa shape index (κ1) is 17.4. The fourth-order valence-corrected chi connectivity index (χ4v) is 4.37. The number of hydrogen-bond acceptors (Lipinski definition) is 5. The molecule has 1 heterocycles. The van der Waals surface area contributed by atoms with E-state index in [0.29, 0.717) is 0 Å². The number of methoxy groups -OCH3 is 1. The standard InChI is InChI=1S/C15H20N2O5S/c1-10(2)13-14(18)16-7-8-17(13)23(20,21)12-6-4-5-11(9-12)15(19)22-3/h4-6,9-10,13H,7-8H2,1-3H3,(H,16,18)/t13-/m1/s1. The Kier molecular flexibility index (Phi) is 5.06. The van der Waals surface area contributed by atoms with Crippen molar-refractivity contribution in [2.45, 2.75) is 24.8 Å². The van der Waals surface area contributed by atoms with Gasteiger partial charge in [-0.2, -0.15) is 4.31 Å². The van der Waals surface area contributed by atoms with Gasteiger partial charge in [-0.3, -0.25) is 4.79 Å². The monoisotopic (exact) mass is 340 g/mol. The van der Waals surface area contributed by atoms with E-state index in [0.717, 1.165) is 0 Å². The second-order valence-electron chi connectivity index (χ2n) is 5.62. The van der Waals surface area contributed by atoms with Crippen LogP contribution in [0.5, 0.6) is 0 Å². The summed E-state index contributed by atoms with van der Waals surface area (Å²) < 4.78 is 31.6. The van der Waals surface area contributed by atoms with Gasteiger partial charge in [0.15, 0.2) is 0 Å². The smallest absolute Gasteiger partial charge is 0.337 e. The second-order valence-corrected chi connectivity index (χ2v) is 7.51. The third-order valence-corrected chi connectivity index (χ3v) is 5.58. The predicted octanol–water partition coefficient (Wildman–Crippen LogP) is 0.618. The molecule has 1 amide bonds. The molecule has 7 nitrogen and oxygen atoms in total. The molecular formula is C15H20N2O5S. The lowest BCUT2D eigenvalue weighted by atomic mass is 10.0. The summed E-state index contributed by atoms with van der Waals surface area (Å²) in [4.78, 5) is 23.6. The van der Waals surface area contributed by atoms with Gasteiger partial charge in [-0.1, -0.05) is 19.9 Å². The van der Waals surface area contributed by atoms with E-state index in [1.165, 1.54) is 35.7 Å². The van der Waals surface area contributed by atoms with Crippen LogP contribution >= 0.6 is 0 Å². The van der Waals surface area contributed by atoms with E-state index in [-0.39, 0.29) is 35.4 Å². The van der Waals surface area contributed by atoms with Gasteiger partial charge in [0.05, 0.1) is 17.6 Å². The van der Waals surface area contributed by atoms with Crippen LogP contribution < -0.4 is 5.32 Å². The molecule has 1 aromatic rings. The lowest BCUT2D eigenvalue weighted by molar-refractivity contribution is -0.128. The number of hydrogen-bond donors (Lipinski definition) is 1. The van der Waals surface area contributed by atoms with Crippen molar-refractivity contribution in [3.05, 3.63) is 29.8 Å². The molecule has 23 heavy (non-hydrogen) atoms. The molecule has 0 spiro atoms. The van der Waals surface area contributed by atoms with Gasteiger partial charge in [-0.05, 0) is 24.1 Å². The van der Waals surface area contributed by atoms with Crippen LogP contribution in [0, 0.1) is 5.92 Å². The minimum atomic E-state index is -3.89. The number of benzene rings is 1. The molecule has 0 radical (unpaired) electrons. The van der Waals surface area contributed by atoms with E-state index in [1.807, 2.05) is 0 Å². The number of carbonyl (C=O) groups is 2. The van der Waals surface area contributed by atoms with E-state index >= 15 is 0 Å². The summed E-state index contributed by atoms with van der Waals surface area (Å²) in [5.74, 6) is -1.09. The summed E-state index contributed by atoms with van der Waals surface area (Å²) in [6.45, 7) is 4.04. The fraction of sp³-hybridized carbons (Fsp3) is 0.467. The van der Waals surface area contributed by atoms with Gasteiger partial charge in [0.2, 0.25) is 15.9 Å². The molecule has 1 saturated heterocycles. The van der Waals surface area contributed by atoms with Gasteiger partial charge in [0, 0.05) is 13.1 Å². The fourth-order valence-electron chi connectivity index (χ4n) is 2.61. The minimum absolute atomic E-state index is 0.0271. The van der Waals surface area contributed by atoms with Crippen molar-refractivity contribution in [2.24, 2.45) is 5.92 Å². The molecule has 8 heteroatoms. The van der Waals surface area contributed by atoms with Crippen molar-refractivity contribution >= 4 is 21.9 Å². The van der Waals surface area contributed by atoms with Crippen LogP contribution in [0.1, 0.15) is 24.2 Å². The van der Waals surface area contributed by atoms with Crippen LogP contribution in [0.3, 0.4) is 0 Å². The first-order valence-corrected chi connectivity index (χ1v) is 8.71. The Morgan fingerprint density at radius 2 is 2.09 bits per heavy atom. The number of rotatable bonds is 4. The van der Waals surface area contributed by atoms with Crippen molar-refractivity contribution in [1.82, 2.24) is 9.62 Å². The largest absolute Gasteiger partial charge is 0.465 e. The van der Waals surface area contributed by atoms with Crippen LogP contribution in [0.15, 0.2) is 29.2 Å². The molecule has 2 rings (SSSR count). The SMILES string of the molecule is COC(=O)c1cccc(S(=O)(=O)N2CCNC(=O)[C@H]2C(C)C)c1. The molecule has 1 N–H and O–H groups in total. The number of nitrogens with zero attached hydrogens (tertiary/aromatic N) is 1. The molecule has 0 bridgehead atoms. The van der Waals surface area contributed by atoms with Gasteiger partial charge < -0.3 is 10.1 Å². The van der Waals surface area contributed by atoms with Crippen LogP contribution in [0.4, 0.5) is 0 Å². The summed E-state index contributed by atoms with van der Waals surface area (Å²) in [7, 11) is -2.66. The Morgan fingerprint density at radius 3 is 2.70 bits per heavy atom. The Hall–Kier alpha value is -1.93. The molecule has 1 aliphatic heterocycles. The molecule has 126 valence electrons. The lowest BCUT2D eigenvalue weighted by Gasteiger charge is -2.36. The number of ether oxygens (including phenoxy) is 1. The zero-order valence-electron chi connectivity index (χ0n) is 13.3. The maximum atomic E-state index is 12.9. The molecule has 0 aliphatic carbocycles. The highest BCUT2D eigenvalue weighted by molar-refractivity contribution is 7.89. The maximum Gasteiger partial charge on any atom is 0.337 e. The second kappa shape index (κ2) is 6.67. The number of piperazine rings is 1. The van der Waals surface area contributed by atoms with Crippen molar-refractivity contribution in [1.29, 1.82) is 0 Å². The average molecular weight is 340 g/mol. The molecule has 0 unspecified atom stereocenters. The first-order chi connectivity index (χ1) is 10.8. The quantitative estimate of drug-likeness (QED) is 0.811. The summed E-state index contributed by atoms with van der Waals surface area (Å²) in [6, 6.07) is 4.87. The number of carbonyl (C=O) groups excluding carboxylic acids is 2. The zero-order chi connectivity index (χ0) is 17.2. The van der Waals surface area contributed by atoms with Crippen LogP contribution in [-0.4, -0.2) is 50.8 Å². The van der Waals surface area contributed by atoms with Gasteiger partial charge in [0.25, 0.3) is 0 Å². The summed E-state index contributed by atoms with van der Waals surface area (Å²) in [6.07, 6.45) is 0. The number of esters is 1. The zero-order valence-corrected chi connectivity index (χ0v) is 14.1. The van der Waals surface area contributed by atoms with Crippen molar-refractivity contribution < 1.29 is 22.7 Å². The highest BCUT2D eigenvalue weighted by atomic mass is 32.2. The lowest BCUT2D eigenvalue weighted by Crippen LogP contribution is -2.59. The average Bonchev–Trinajstić information content (AvgIpc) is 2.53. The van der Waals surface area contributed by atoms with Gasteiger partial charge >= 0.3 is 5.97 Å². The van der Waals surface area contributed by atoms with Crippen LogP contribution in [0.2, 0.25) is 0 Å². The summed E-state index contributed by atoms with van der Waals surface area (Å²) >= 11 is 0. The third kappa shape index (κ3) is 3.37. The van der Waals surface area contributed by atoms with Crippen molar-refractivity contribution in [3.8, 4) is 0 Å². The number of amides is 1. The van der Waals surface area contributed by atoms with Crippen LogP contribution in [-0.2, 0) is 19.6 Å². The van der Waals surface area contributed by atoms with E-state index < -0.39 is 22.0 Å². The van der Waals surface area contributed by atoms with Crippen molar-refractivity contribution in [2.75, 3.05) is 20.2 Å². The third-order valence-electron chi connectivity index (χ3n) is 3.70. The van der Waals surface area contributed by atoms with E-state index in [2.05, 4.69) is 10.1 Å². The Morgan fingerprint density at radius 1 is 1.39 bits per heavy atom. The van der Waals surface area contributed by atoms with Crippen LogP contribution in [0.25, 0.3) is 0 Å². The number of nitrogens with one attached hydrogen (secondary N) is 1. The first-order valence-electron chi connectivity index (χ1n) is 7.27. The van der Waals surface area contributed by atoms with Gasteiger partial charge in [0.1, 0.15) is 6.04 Å². The molecular weight excluding hydrogens is 320 g/mol. The highest BCUT2D eigenvalue weighted by Crippen LogP contribution is 2.24. The Labute approximate surface area is 135 Å². The number of sulfonamides is 1. The molecule has 0 saturated carbocycles. The molecule has 0 aromatic heterocycles.